The fourth-order valence-corrected chi connectivity index (χ4v) is 2.29. The van der Waals surface area contributed by atoms with Crippen molar-refractivity contribution in [2.45, 2.75) is 26.9 Å². The van der Waals surface area contributed by atoms with Crippen molar-refractivity contribution >= 4 is 17.0 Å². The van der Waals surface area contributed by atoms with Gasteiger partial charge in [-0.1, -0.05) is 0 Å². The van der Waals surface area contributed by atoms with Crippen LogP contribution in [0.1, 0.15) is 24.2 Å². The van der Waals surface area contributed by atoms with Crippen molar-refractivity contribution in [1.82, 2.24) is 9.13 Å². The van der Waals surface area contributed by atoms with E-state index >= 15 is 0 Å². The van der Waals surface area contributed by atoms with Gasteiger partial charge in [0.15, 0.2) is 0 Å². The van der Waals surface area contributed by atoms with Gasteiger partial charge < -0.3 is 9.84 Å². The van der Waals surface area contributed by atoms with Gasteiger partial charge in [0.25, 0.3) is 0 Å². The number of hydrogen-bond donors (Lipinski definition) is 1. The molecule has 1 aromatic heterocycles. The molecule has 0 fully saturated rings. The van der Waals surface area contributed by atoms with Gasteiger partial charge >= 0.3 is 11.7 Å². The molecule has 1 N–H and O–H groups in total. The number of benzene rings is 1. The van der Waals surface area contributed by atoms with Crippen LogP contribution in [0.5, 0.6) is 5.75 Å². The molecule has 0 spiro atoms. The van der Waals surface area contributed by atoms with Crippen LogP contribution in [0.15, 0.2) is 16.9 Å². The lowest BCUT2D eigenvalue weighted by atomic mass is 10.2. The molecule has 0 unspecified atom stereocenters. The first-order chi connectivity index (χ1) is 9.04. The summed E-state index contributed by atoms with van der Waals surface area (Å²) in [5.74, 6) is -0.638. The van der Waals surface area contributed by atoms with Gasteiger partial charge in [0.1, 0.15) is 11.3 Å². The van der Waals surface area contributed by atoms with E-state index in [0.29, 0.717) is 29.9 Å². The molecule has 6 nitrogen and oxygen atoms in total. The second kappa shape index (κ2) is 4.79. The number of carboxylic acids is 1. The molecular weight excluding hydrogens is 248 g/mol. The predicted molar refractivity (Wildman–Crippen MR) is 71.1 cm³/mol. The molecule has 19 heavy (non-hydrogen) atoms. The number of aryl methyl sites for hydroxylation is 2. The smallest absolute Gasteiger partial charge is 0.335 e. The lowest BCUT2D eigenvalue weighted by Crippen LogP contribution is -2.23. The third-order valence-electron chi connectivity index (χ3n) is 3.18. The number of ether oxygens (including phenoxy) is 1. The third-order valence-corrected chi connectivity index (χ3v) is 3.18. The Morgan fingerprint density at radius 3 is 2.37 bits per heavy atom. The first-order valence-corrected chi connectivity index (χ1v) is 6.09. The zero-order chi connectivity index (χ0) is 14.2. The monoisotopic (exact) mass is 264 g/mol. The molecule has 102 valence electrons. The first kappa shape index (κ1) is 13.2. The summed E-state index contributed by atoms with van der Waals surface area (Å²) >= 11 is 0. The van der Waals surface area contributed by atoms with Gasteiger partial charge in [0.2, 0.25) is 0 Å². The molecule has 2 aromatic rings. The number of carbonyl (C=O) groups is 1. The number of carboxylic acid groups (broad SMARTS) is 1. The van der Waals surface area contributed by atoms with E-state index in [0.717, 1.165) is 0 Å². The van der Waals surface area contributed by atoms with Gasteiger partial charge in [0.05, 0.1) is 18.2 Å². The Kier molecular flexibility index (Phi) is 3.33. The average molecular weight is 264 g/mol. The van der Waals surface area contributed by atoms with Crippen molar-refractivity contribution in [3.05, 3.63) is 28.2 Å². The molecule has 1 heterocycles. The molecule has 6 heteroatoms. The van der Waals surface area contributed by atoms with Crippen LogP contribution in [-0.2, 0) is 13.1 Å². The van der Waals surface area contributed by atoms with E-state index in [4.69, 9.17) is 9.84 Å². The second-order valence-electron chi connectivity index (χ2n) is 4.12. The molecule has 0 saturated carbocycles. The number of aromatic nitrogens is 2. The average Bonchev–Trinajstić information content (AvgIpc) is 2.68. The molecule has 2 rings (SSSR count). The maximum absolute atomic E-state index is 12.2. The number of fused-ring (bicyclic) bond motifs is 1. The molecule has 1 aromatic carbocycles. The molecule has 0 atom stereocenters. The molecule has 0 aliphatic carbocycles. The Balaban J connectivity index is 2.97. The van der Waals surface area contributed by atoms with Crippen LogP contribution in [0.2, 0.25) is 0 Å². The predicted octanol–water partition coefficient (Wildman–Crippen LogP) is 1.55. The Morgan fingerprint density at radius 2 is 1.89 bits per heavy atom. The van der Waals surface area contributed by atoms with E-state index < -0.39 is 5.97 Å². The second-order valence-corrected chi connectivity index (χ2v) is 4.12. The zero-order valence-corrected chi connectivity index (χ0v) is 11.1. The van der Waals surface area contributed by atoms with Crippen LogP contribution >= 0.6 is 0 Å². The largest absolute Gasteiger partial charge is 0.494 e. The molecule has 0 radical (unpaired) electrons. The normalized spacial score (nSPS) is 10.9. The SMILES string of the molecule is CCn1c(=O)n(CC)c2c(OC)cc(C(=O)O)cc21. The number of hydrogen-bond acceptors (Lipinski definition) is 3. The standard InChI is InChI=1S/C13H16N2O4/c1-4-14-9-6-8(12(16)17)7-10(19-3)11(9)15(5-2)13(14)18/h6-7H,4-5H2,1-3H3,(H,16,17). The van der Waals surface area contributed by atoms with Crippen LogP contribution < -0.4 is 10.4 Å². The molecule has 0 aliphatic rings. The van der Waals surface area contributed by atoms with Crippen molar-refractivity contribution in [3.8, 4) is 5.75 Å². The van der Waals surface area contributed by atoms with E-state index in [-0.39, 0.29) is 11.3 Å². The van der Waals surface area contributed by atoms with Gasteiger partial charge in [-0.25, -0.2) is 9.59 Å². The zero-order valence-electron chi connectivity index (χ0n) is 11.1. The quantitative estimate of drug-likeness (QED) is 0.909. The minimum absolute atomic E-state index is 0.111. The molecule has 0 aliphatic heterocycles. The van der Waals surface area contributed by atoms with Gasteiger partial charge in [-0.05, 0) is 26.0 Å². The topological polar surface area (TPSA) is 73.5 Å². The minimum atomic E-state index is -1.04. The van der Waals surface area contributed by atoms with Crippen LogP contribution in [0.4, 0.5) is 0 Å². The number of imidazole rings is 1. The summed E-state index contributed by atoms with van der Waals surface area (Å²) in [5, 5.41) is 9.11. The van der Waals surface area contributed by atoms with Gasteiger partial charge in [-0.2, -0.15) is 0 Å². The summed E-state index contributed by atoms with van der Waals surface area (Å²) in [5.41, 5.74) is 1.19. The summed E-state index contributed by atoms with van der Waals surface area (Å²) < 4.78 is 8.37. The fourth-order valence-electron chi connectivity index (χ4n) is 2.29. The summed E-state index contributed by atoms with van der Waals surface area (Å²) in [7, 11) is 1.47. The summed E-state index contributed by atoms with van der Waals surface area (Å²) in [4.78, 5) is 23.3. The van der Waals surface area contributed by atoms with Crippen molar-refractivity contribution in [2.24, 2.45) is 0 Å². The van der Waals surface area contributed by atoms with Crippen molar-refractivity contribution in [1.29, 1.82) is 0 Å². The number of aromatic carboxylic acids is 1. The van der Waals surface area contributed by atoms with Gasteiger partial charge in [-0.3, -0.25) is 9.13 Å². The summed E-state index contributed by atoms with van der Waals surface area (Å²) in [6.45, 7) is 4.70. The van der Waals surface area contributed by atoms with Crippen LogP contribution in [0.3, 0.4) is 0 Å². The highest BCUT2D eigenvalue weighted by Gasteiger charge is 2.18. The summed E-state index contributed by atoms with van der Waals surface area (Å²) in [6, 6.07) is 2.95. The van der Waals surface area contributed by atoms with E-state index in [2.05, 4.69) is 0 Å². The van der Waals surface area contributed by atoms with Crippen molar-refractivity contribution in [3.63, 3.8) is 0 Å². The third kappa shape index (κ3) is 1.89. The maximum Gasteiger partial charge on any atom is 0.335 e. The minimum Gasteiger partial charge on any atom is -0.494 e. The maximum atomic E-state index is 12.2. The van der Waals surface area contributed by atoms with E-state index in [1.54, 1.807) is 9.13 Å². The number of rotatable bonds is 4. The molecule has 0 bridgehead atoms. The Hall–Kier alpha value is -2.24. The first-order valence-electron chi connectivity index (χ1n) is 6.09. The van der Waals surface area contributed by atoms with E-state index in [1.165, 1.54) is 19.2 Å². The van der Waals surface area contributed by atoms with Crippen LogP contribution in [0, 0.1) is 0 Å². The highest BCUT2D eigenvalue weighted by Crippen LogP contribution is 2.27. The van der Waals surface area contributed by atoms with E-state index in [1.807, 2.05) is 13.8 Å². The lowest BCUT2D eigenvalue weighted by molar-refractivity contribution is 0.0696. The molecule has 0 amide bonds. The van der Waals surface area contributed by atoms with E-state index in [9.17, 15) is 9.59 Å². The molecular formula is C13H16N2O4. The van der Waals surface area contributed by atoms with Crippen molar-refractivity contribution in [2.75, 3.05) is 7.11 Å². The molecule has 0 saturated heterocycles. The Bertz CT molecular complexity index is 697. The number of methoxy groups -OCH3 is 1. The Morgan fingerprint density at radius 1 is 1.26 bits per heavy atom. The Labute approximate surface area is 109 Å². The van der Waals surface area contributed by atoms with Gasteiger partial charge in [-0.15, -0.1) is 0 Å². The van der Waals surface area contributed by atoms with Gasteiger partial charge in [0, 0.05) is 13.1 Å². The highest BCUT2D eigenvalue weighted by atomic mass is 16.5. The number of nitrogens with zero attached hydrogens (tertiary/aromatic N) is 2. The van der Waals surface area contributed by atoms with Crippen LogP contribution in [-0.4, -0.2) is 27.3 Å². The fraction of sp³-hybridized carbons (Fsp3) is 0.385. The van der Waals surface area contributed by atoms with Crippen LogP contribution in [0.25, 0.3) is 11.0 Å². The lowest BCUT2D eigenvalue weighted by Gasteiger charge is -2.07. The summed E-state index contributed by atoms with van der Waals surface area (Å²) in [6.07, 6.45) is 0. The highest BCUT2D eigenvalue weighted by molar-refractivity contribution is 5.95. The van der Waals surface area contributed by atoms with Crippen molar-refractivity contribution < 1.29 is 14.6 Å².